The Morgan fingerprint density at radius 1 is 0.697 bits per heavy atom. The van der Waals surface area contributed by atoms with E-state index in [1.165, 1.54) is 35.9 Å². The third-order valence-corrected chi connectivity index (χ3v) is 17.0. The van der Waals surface area contributed by atoms with Crippen molar-refractivity contribution in [1.29, 1.82) is 0 Å². The maximum Gasteiger partial charge on any atom is 0.490 e. The maximum absolute atomic E-state index is 13.7. The summed E-state index contributed by atoms with van der Waals surface area (Å²) in [5, 5.41) is 46.0. The van der Waals surface area contributed by atoms with E-state index in [1.54, 1.807) is 0 Å². The normalized spacial score (nSPS) is 30.2. The number of aliphatic hydroxyl groups excluding tert-OH is 4. The molecule has 0 aliphatic carbocycles. The molecule has 6 aromatic rings. The standard InChI is InChI=1S/C33H45N15O24P4/c1-36-23-14-24(38-7-37-23)46(8-39-14)31-22(63-3)21(70-73(55,56)64-4-11-17(49)19(51)29(67-11)47-9-40-15-25(47)41-32(34)43-27(15)53)13(69-31)6-66-75(59,60)72-76(61,62)71-74(57,58)65-5-12-18(50)20(52)30(68-12)48-10-45(2)16-26(48)42-33(35)44-28(16)54/h7-13,17-22,29-31,49-52H,4-6H2,1-3H3,(H10-,34,35,36,37,38,41,42,43,44,53,54,55,56,57,58,59,60,61,62)/p+1/t11-,12+,13-,17+,18?,19?,20-,21+,22?,29-,30+,31-/m1/s1. The van der Waals surface area contributed by atoms with E-state index in [1.807, 2.05) is 0 Å². The van der Waals surface area contributed by atoms with Crippen LogP contribution in [0, 0.1) is 0 Å². The number of phosphoric ester groups is 3. The summed E-state index contributed by atoms with van der Waals surface area (Å²) in [6, 6.07) is 0. The van der Waals surface area contributed by atoms with Crippen molar-refractivity contribution >= 4 is 82.5 Å². The number of anilines is 3. The van der Waals surface area contributed by atoms with Crippen LogP contribution >= 0.6 is 31.3 Å². The number of imidazole rings is 3. The Morgan fingerprint density at radius 2 is 1.26 bits per heavy atom. The molecule has 0 amide bonds. The predicted molar refractivity (Wildman–Crippen MR) is 244 cm³/mol. The monoisotopic (exact) mass is 1160 g/mol. The van der Waals surface area contributed by atoms with Crippen LogP contribution < -0.4 is 32.5 Å². The number of methoxy groups -OCH3 is 1. The maximum atomic E-state index is 13.7. The van der Waals surface area contributed by atoms with E-state index < -0.39 is 136 Å². The number of nitrogens with two attached hydrogens (primary N) is 2. The van der Waals surface area contributed by atoms with Gasteiger partial charge in [-0.25, -0.2) is 42.8 Å². The largest absolute Gasteiger partial charge is 0.490 e. The van der Waals surface area contributed by atoms with Gasteiger partial charge in [0.1, 0.15) is 66.8 Å². The highest BCUT2D eigenvalue weighted by Gasteiger charge is 2.54. The fourth-order valence-corrected chi connectivity index (χ4v) is 12.9. The van der Waals surface area contributed by atoms with Gasteiger partial charge in [-0.3, -0.25) is 51.4 Å². The van der Waals surface area contributed by atoms with Crippen molar-refractivity contribution < 1.29 is 108 Å². The van der Waals surface area contributed by atoms with E-state index in [0.29, 0.717) is 0 Å². The summed E-state index contributed by atoms with van der Waals surface area (Å²) in [7, 11) is -19.4. The molecule has 9 rings (SSSR count). The third-order valence-electron chi connectivity index (χ3n) is 11.8. The molecule has 416 valence electrons. The minimum absolute atomic E-state index is 0.0219. The average Bonchev–Trinajstić information content (AvgIpc) is 4.19. The number of rotatable bonds is 20. The number of aromatic amines is 2. The molecule has 7 unspecified atom stereocenters. The molecule has 6 aromatic heterocycles. The fraction of sp³-hybridized carbons (Fsp3) is 0.545. The summed E-state index contributed by atoms with van der Waals surface area (Å²) in [5.74, 6) is -0.373. The summed E-state index contributed by atoms with van der Waals surface area (Å²) in [4.78, 5) is 96.2. The van der Waals surface area contributed by atoms with E-state index in [0.717, 1.165) is 28.9 Å². The van der Waals surface area contributed by atoms with E-state index in [4.69, 9.17) is 48.5 Å². The molecule has 3 aliphatic rings. The van der Waals surface area contributed by atoms with Gasteiger partial charge in [-0.15, -0.1) is 0 Å². The minimum Gasteiger partial charge on any atom is -0.387 e. The number of H-pyrrole nitrogens is 2. The summed E-state index contributed by atoms with van der Waals surface area (Å²) < 4.78 is 109. The quantitative estimate of drug-likeness (QED) is 0.0254. The van der Waals surface area contributed by atoms with Gasteiger partial charge in [-0.2, -0.15) is 13.6 Å². The van der Waals surface area contributed by atoms with E-state index >= 15 is 0 Å². The molecule has 76 heavy (non-hydrogen) atoms. The Balaban J connectivity index is 0.868. The number of aliphatic hydroxyl groups is 4. The lowest BCUT2D eigenvalue weighted by atomic mass is 10.1. The molecule has 43 heteroatoms. The molecule has 0 bridgehead atoms. The van der Waals surface area contributed by atoms with Gasteiger partial charge in [-0.1, -0.05) is 4.98 Å². The third kappa shape index (κ3) is 11.0. The van der Waals surface area contributed by atoms with Crippen LogP contribution in [0.3, 0.4) is 0 Å². The Labute approximate surface area is 421 Å². The number of fused-ring (bicyclic) bond motifs is 3. The second kappa shape index (κ2) is 20.9. The number of aromatic nitrogens is 12. The second-order valence-electron chi connectivity index (χ2n) is 16.7. The first-order valence-electron chi connectivity index (χ1n) is 21.6. The van der Waals surface area contributed by atoms with Gasteiger partial charge < -0.3 is 75.7 Å². The number of nitrogens with zero attached hydrogens (tertiary/aromatic N) is 10. The molecule has 3 saturated heterocycles. The zero-order valence-corrected chi connectivity index (χ0v) is 42.5. The number of aryl methyl sites for hydroxylation is 1. The molecule has 9 heterocycles. The molecule has 0 radical (unpaired) electrons. The van der Waals surface area contributed by atoms with Crippen molar-refractivity contribution in [3.63, 3.8) is 0 Å². The second-order valence-corrected chi connectivity index (χ2v) is 22.7. The van der Waals surface area contributed by atoms with Crippen LogP contribution in [0.25, 0.3) is 33.5 Å². The van der Waals surface area contributed by atoms with Crippen LogP contribution in [-0.2, 0) is 71.0 Å². The predicted octanol–water partition coefficient (Wildman–Crippen LogP) is -4.25. The van der Waals surface area contributed by atoms with Gasteiger partial charge in [-0.05, 0) is 0 Å². The Hall–Kier alpha value is -5.15. The van der Waals surface area contributed by atoms with Crippen molar-refractivity contribution in [3.8, 4) is 0 Å². The number of phosphoric acid groups is 4. The Kier molecular flexibility index (Phi) is 15.3. The Bertz CT molecular complexity index is 3490. The molecule has 39 nitrogen and oxygen atoms in total. The lowest BCUT2D eigenvalue weighted by Crippen LogP contribution is -2.46. The van der Waals surface area contributed by atoms with Gasteiger partial charge in [0.05, 0.1) is 39.5 Å². The van der Waals surface area contributed by atoms with Crippen molar-refractivity contribution in [2.45, 2.75) is 73.6 Å². The molecule has 16 atom stereocenters. The number of ether oxygens (including phenoxy) is 4. The summed E-state index contributed by atoms with van der Waals surface area (Å²) in [6.07, 6.45) is -15.5. The first-order valence-corrected chi connectivity index (χ1v) is 27.6. The van der Waals surface area contributed by atoms with Crippen molar-refractivity contribution in [1.82, 2.24) is 53.6 Å². The first kappa shape index (κ1) is 55.6. The summed E-state index contributed by atoms with van der Waals surface area (Å²) in [6.45, 7) is -3.38. The molecule has 0 saturated carbocycles. The van der Waals surface area contributed by atoms with Gasteiger partial charge in [0.2, 0.25) is 17.7 Å². The zero-order valence-electron chi connectivity index (χ0n) is 38.9. The SMILES string of the molecule is CNc1ncnc2c1ncn2[C@@H]1O[C@H](COP(=O)(O)OP(=O)(O)OP(=O)(O)OC[C@@H]2O[C@H]([n+]3cn(C)c4c(=O)[nH]c(N)nc43)[C@H](O)C2O)[C@H](OP(=O)(O)OC[C@H]2O[C@@H](n3cnc4c(=O)[nH]c(N)nc43)C(O)[C@H]2O)C1OC. The smallest absolute Gasteiger partial charge is 0.387 e. The highest BCUT2D eigenvalue weighted by atomic mass is 31.3. The van der Waals surface area contributed by atoms with Crippen LogP contribution in [0.15, 0.2) is 34.9 Å². The number of nitrogens with one attached hydrogen (secondary N) is 3. The minimum atomic E-state index is -6.20. The lowest BCUT2D eigenvalue weighted by Gasteiger charge is -2.26. The molecule has 0 spiro atoms. The Morgan fingerprint density at radius 3 is 1.92 bits per heavy atom. The van der Waals surface area contributed by atoms with E-state index in [-0.39, 0.29) is 51.2 Å². The van der Waals surface area contributed by atoms with Crippen LogP contribution in [-0.4, -0.2) is 182 Å². The molecule has 3 fully saturated rings. The van der Waals surface area contributed by atoms with Gasteiger partial charge in [0.25, 0.3) is 17.1 Å². The van der Waals surface area contributed by atoms with Crippen molar-refractivity contribution in [3.05, 3.63) is 46.0 Å². The molecular weight excluding hydrogens is 1110 g/mol. The molecule has 15 N–H and O–H groups in total. The first-order chi connectivity index (χ1) is 35.7. The van der Waals surface area contributed by atoms with Gasteiger partial charge >= 0.3 is 36.9 Å². The average molecular weight is 1160 g/mol. The summed E-state index contributed by atoms with van der Waals surface area (Å²) >= 11 is 0. The van der Waals surface area contributed by atoms with Gasteiger partial charge in [0.15, 0.2) is 41.4 Å². The van der Waals surface area contributed by atoms with E-state index in [9.17, 15) is 67.8 Å². The van der Waals surface area contributed by atoms with Crippen LogP contribution in [0.2, 0.25) is 0 Å². The lowest BCUT2D eigenvalue weighted by molar-refractivity contribution is -0.745. The summed E-state index contributed by atoms with van der Waals surface area (Å²) in [5.41, 5.74) is 9.73. The molecule has 0 aromatic carbocycles. The van der Waals surface area contributed by atoms with Crippen molar-refractivity contribution in [2.75, 3.05) is 50.8 Å². The highest BCUT2D eigenvalue weighted by molar-refractivity contribution is 7.66. The highest BCUT2D eigenvalue weighted by Crippen LogP contribution is 2.68. The molecular formula is C33H46N15O24P4+. The fourth-order valence-electron chi connectivity index (χ4n) is 8.45. The zero-order chi connectivity index (χ0) is 55.0. The topological polar surface area (TPSA) is 548 Å². The van der Waals surface area contributed by atoms with E-state index in [2.05, 4.69) is 53.8 Å². The van der Waals surface area contributed by atoms with Crippen LogP contribution in [0.5, 0.6) is 0 Å². The van der Waals surface area contributed by atoms with Crippen LogP contribution in [0.1, 0.15) is 18.7 Å². The number of nitrogen functional groups attached to an aromatic ring is 2. The number of hydrogen-bond donors (Lipinski definition) is 13. The number of hydrogen-bond acceptors (Lipinski definition) is 29. The van der Waals surface area contributed by atoms with Crippen LogP contribution in [0.4, 0.5) is 17.7 Å². The van der Waals surface area contributed by atoms with Gasteiger partial charge in [0, 0.05) is 14.2 Å². The molecule has 3 aliphatic heterocycles. The van der Waals surface area contributed by atoms with Crippen molar-refractivity contribution in [2.24, 2.45) is 7.05 Å².